The summed E-state index contributed by atoms with van der Waals surface area (Å²) in [4.78, 5) is 0. The largest absolute Gasteiger partial charge is 0.497 e. The zero-order chi connectivity index (χ0) is 11.4. The molecule has 0 N–H and O–H groups in total. The molecule has 0 bridgehead atoms. The van der Waals surface area contributed by atoms with Crippen molar-refractivity contribution in [2.75, 3.05) is 7.11 Å². The minimum Gasteiger partial charge on any atom is -0.497 e. The van der Waals surface area contributed by atoms with Crippen LogP contribution in [-0.4, -0.2) is 7.11 Å². The molecule has 2 aromatic rings. The van der Waals surface area contributed by atoms with E-state index in [1.807, 2.05) is 39.0 Å². The molecule has 1 heterocycles. The number of ether oxygens (including phenoxy) is 1. The second kappa shape index (κ2) is 4.87. The van der Waals surface area contributed by atoms with Gasteiger partial charge in [-0.25, -0.2) is 0 Å². The van der Waals surface area contributed by atoms with Gasteiger partial charge >= 0.3 is 0 Å². The van der Waals surface area contributed by atoms with Crippen molar-refractivity contribution < 1.29 is 9.15 Å². The van der Waals surface area contributed by atoms with Gasteiger partial charge in [0, 0.05) is 5.39 Å². The summed E-state index contributed by atoms with van der Waals surface area (Å²) in [6.45, 7) is 8.03. The molecule has 82 valence electrons. The smallest absolute Gasteiger partial charge is 0.134 e. The molecule has 1 aromatic heterocycles. The van der Waals surface area contributed by atoms with Crippen molar-refractivity contribution in [2.45, 2.75) is 27.7 Å². The van der Waals surface area contributed by atoms with E-state index in [4.69, 9.17) is 9.15 Å². The highest BCUT2D eigenvalue weighted by Gasteiger charge is 2.06. The fourth-order valence-corrected chi connectivity index (χ4v) is 1.45. The summed E-state index contributed by atoms with van der Waals surface area (Å²) < 4.78 is 10.7. The van der Waals surface area contributed by atoms with Gasteiger partial charge in [-0.3, -0.25) is 0 Å². The number of furan rings is 1. The maximum Gasteiger partial charge on any atom is 0.134 e. The number of rotatable bonds is 1. The van der Waals surface area contributed by atoms with E-state index < -0.39 is 0 Å². The van der Waals surface area contributed by atoms with Gasteiger partial charge in [-0.1, -0.05) is 13.8 Å². The molecule has 2 nitrogen and oxygen atoms in total. The van der Waals surface area contributed by atoms with Crippen LogP contribution >= 0.6 is 0 Å². The molecule has 2 rings (SSSR count). The first kappa shape index (κ1) is 11.6. The summed E-state index contributed by atoms with van der Waals surface area (Å²) in [6, 6.07) is 5.85. The van der Waals surface area contributed by atoms with Gasteiger partial charge in [-0.15, -0.1) is 0 Å². The van der Waals surface area contributed by atoms with Gasteiger partial charge in [0.25, 0.3) is 0 Å². The highest BCUT2D eigenvalue weighted by Crippen LogP contribution is 2.27. The van der Waals surface area contributed by atoms with Crippen LogP contribution in [0.1, 0.15) is 25.2 Å². The minimum absolute atomic E-state index is 0.872. The summed E-state index contributed by atoms with van der Waals surface area (Å²) >= 11 is 0. The third-order valence-electron chi connectivity index (χ3n) is 2.38. The van der Waals surface area contributed by atoms with Gasteiger partial charge in [-0.2, -0.15) is 0 Å². The highest BCUT2D eigenvalue weighted by molar-refractivity contribution is 5.83. The molecule has 0 spiro atoms. The lowest BCUT2D eigenvalue weighted by Crippen LogP contribution is -1.81. The minimum atomic E-state index is 0.872. The normalized spacial score (nSPS) is 9.67. The summed E-state index contributed by atoms with van der Waals surface area (Å²) in [7, 11) is 1.67. The van der Waals surface area contributed by atoms with Crippen molar-refractivity contribution in [3.63, 3.8) is 0 Å². The molecule has 0 aliphatic heterocycles. The van der Waals surface area contributed by atoms with Gasteiger partial charge in [0.05, 0.1) is 7.11 Å². The molecule has 0 saturated carbocycles. The molecular weight excluding hydrogens is 188 g/mol. The Bertz CT molecular complexity index is 441. The second-order valence-corrected chi connectivity index (χ2v) is 3.15. The van der Waals surface area contributed by atoms with Crippen LogP contribution in [-0.2, 0) is 0 Å². The number of aryl methyl sites for hydroxylation is 2. The quantitative estimate of drug-likeness (QED) is 0.701. The molecule has 0 fully saturated rings. The Morgan fingerprint density at radius 3 is 2.40 bits per heavy atom. The Morgan fingerprint density at radius 1 is 1.13 bits per heavy atom. The van der Waals surface area contributed by atoms with E-state index in [1.165, 1.54) is 5.56 Å². The standard InChI is InChI=1S/C11H12O2.C2H6/c1-7-8(2)13-11-5-4-9(12-3)6-10(7)11;1-2/h4-6H,1-3H3;1-2H3. The molecule has 0 amide bonds. The lowest BCUT2D eigenvalue weighted by molar-refractivity contribution is 0.415. The molecule has 1 aromatic carbocycles. The molecular formula is C13H18O2. The molecule has 0 atom stereocenters. The monoisotopic (exact) mass is 206 g/mol. The SMILES string of the molecule is CC.COc1ccc2oc(C)c(C)c2c1. The van der Waals surface area contributed by atoms with Gasteiger partial charge in [-0.05, 0) is 37.6 Å². The van der Waals surface area contributed by atoms with E-state index in [2.05, 4.69) is 6.92 Å². The molecule has 2 heteroatoms. The van der Waals surface area contributed by atoms with E-state index >= 15 is 0 Å². The van der Waals surface area contributed by atoms with Crippen molar-refractivity contribution in [3.8, 4) is 5.75 Å². The van der Waals surface area contributed by atoms with Crippen LogP contribution in [0.2, 0.25) is 0 Å². The topological polar surface area (TPSA) is 22.4 Å². The maximum atomic E-state index is 5.54. The summed E-state index contributed by atoms with van der Waals surface area (Å²) in [6.07, 6.45) is 0. The van der Waals surface area contributed by atoms with E-state index in [9.17, 15) is 0 Å². The molecule has 0 aliphatic carbocycles. The Kier molecular flexibility index (Phi) is 3.78. The molecule has 0 aliphatic rings. The number of hydrogen-bond donors (Lipinski definition) is 0. The fourth-order valence-electron chi connectivity index (χ4n) is 1.45. The first-order valence-electron chi connectivity index (χ1n) is 5.26. The maximum absolute atomic E-state index is 5.54. The van der Waals surface area contributed by atoms with Crippen molar-refractivity contribution in [1.29, 1.82) is 0 Å². The average molecular weight is 206 g/mol. The first-order valence-corrected chi connectivity index (χ1v) is 5.26. The van der Waals surface area contributed by atoms with Crippen LogP contribution in [0.5, 0.6) is 5.75 Å². The van der Waals surface area contributed by atoms with Crippen LogP contribution in [0.4, 0.5) is 0 Å². The van der Waals surface area contributed by atoms with Crippen LogP contribution in [0.3, 0.4) is 0 Å². The van der Waals surface area contributed by atoms with E-state index in [0.29, 0.717) is 0 Å². The fraction of sp³-hybridized carbons (Fsp3) is 0.385. The summed E-state index contributed by atoms with van der Waals surface area (Å²) in [5, 5.41) is 1.14. The van der Waals surface area contributed by atoms with Crippen molar-refractivity contribution in [3.05, 3.63) is 29.5 Å². The van der Waals surface area contributed by atoms with Crippen LogP contribution < -0.4 is 4.74 Å². The molecule has 0 unspecified atom stereocenters. The lowest BCUT2D eigenvalue weighted by atomic mass is 10.1. The van der Waals surface area contributed by atoms with Crippen LogP contribution in [0.15, 0.2) is 22.6 Å². The van der Waals surface area contributed by atoms with E-state index in [1.54, 1.807) is 7.11 Å². The Labute approximate surface area is 90.9 Å². The first-order chi connectivity index (χ1) is 7.22. The van der Waals surface area contributed by atoms with Gasteiger partial charge in [0.1, 0.15) is 17.1 Å². The Morgan fingerprint density at radius 2 is 1.80 bits per heavy atom. The summed E-state index contributed by atoms with van der Waals surface area (Å²) in [5.74, 6) is 1.85. The zero-order valence-corrected chi connectivity index (χ0v) is 10.0. The van der Waals surface area contributed by atoms with Crippen molar-refractivity contribution >= 4 is 11.0 Å². The Hall–Kier alpha value is -1.44. The zero-order valence-electron chi connectivity index (χ0n) is 10.0. The Balaban J connectivity index is 0.000000531. The molecule has 15 heavy (non-hydrogen) atoms. The summed E-state index contributed by atoms with van der Waals surface area (Å²) in [5.41, 5.74) is 2.12. The number of methoxy groups -OCH3 is 1. The van der Waals surface area contributed by atoms with Gasteiger partial charge in [0.15, 0.2) is 0 Å². The van der Waals surface area contributed by atoms with E-state index in [-0.39, 0.29) is 0 Å². The number of benzene rings is 1. The third kappa shape index (κ3) is 2.14. The lowest BCUT2D eigenvalue weighted by Gasteiger charge is -1.97. The highest BCUT2D eigenvalue weighted by atomic mass is 16.5. The van der Waals surface area contributed by atoms with Crippen LogP contribution in [0, 0.1) is 13.8 Å². The predicted molar refractivity (Wildman–Crippen MR) is 63.6 cm³/mol. The predicted octanol–water partition coefficient (Wildman–Crippen LogP) is 4.08. The van der Waals surface area contributed by atoms with Crippen molar-refractivity contribution in [1.82, 2.24) is 0 Å². The number of fused-ring (bicyclic) bond motifs is 1. The van der Waals surface area contributed by atoms with E-state index in [0.717, 1.165) is 22.5 Å². The third-order valence-corrected chi connectivity index (χ3v) is 2.38. The number of hydrogen-bond acceptors (Lipinski definition) is 2. The van der Waals surface area contributed by atoms with Crippen LogP contribution in [0.25, 0.3) is 11.0 Å². The molecule has 0 radical (unpaired) electrons. The van der Waals surface area contributed by atoms with Gasteiger partial charge in [0.2, 0.25) is 0 Å². The van der Waals surface area contributed by atoms with Gasteiger partial charge < -0.3 is 9.15 Å². The van der Waals surface area contributed by atoms with Crippen molar-refractivity contribution in [2.24, 2.45) is 0 Å². The second-order valence-electron chi connectivity index (χ2n) is 3.15. The average Bonchev–Trinajstić information content (AvgIpc) is 2.57. The molecule has 0 saturated heterocycles.